The molecule has 2 N–H and O–H groups in total. The van der Waals surface area contributed by atoms with Crippen LogP contribution in [0.1, 0.15) is 42.6 Å². The Morgan fingerprint density at radius 2 is 2.29 bits per heavy atom. The number of nitrogens with one attached hydrogen (secondary N) is 1. The molecule has 2 aliphatic rings. The SMILES string of the molecule is Cc1ccc2c(c1)c1c3n2CC[NH+](C[C@@H](C)O)[C@H]3CCC1. The van der Waals surface area contributed by atoms with E-state index in [0.29, 0.717) is 6.04 Å². The van der Waals surface area contributed by atoms with Gasteiger partial charge in [0.15, 0.2) is 0 Å². The number of aromatic nitrogens is 1. The molecule has 112 valence electrons. The standard InChI is InChI=1S/C18H24N2O/c1-12-6-7-16-15(10-12)14-4-3-5-17-18(14)20(16)9-8-19(17)11-13(2)21/h6-7,10,13,17,21H,3-5,8-9,11H2,1-2H3/p+1/t13-,17+/m1/s1. The van der Waals surface area contributed by atoms with Crippen molar-refractivity contribution in [2.45, 2.75) is 51.8 Å². The van der Waals surface area contributed by atoms with Crippen LogP contribution in [-0.4, -0.2) is 28.9 Å². The van der Waals surface area contributed by atoms with Gasteiger partial charge >= 0.3 is 0 Å². The number of hydrogen-bond acceptors (Lipinski definition) is 1. The number of aliphatic hydroxyl groups is 1. The lowest BCUT2D eigenvalue weighted by atomic mass is 9.89. The summed E-state index contributed by atoms with van der Waals surface area (Å²) in [5, 5.41) is 11.3. The van der Waals surface area contributed by atoms with Crippen LogP contribution in [-0.2, 0) is 13.0 Å². The van der Waals surface area contributed by atoms with Crippen LogP contribution in [0.2, 0.25) is 0 Å². The zero-order chi connectivity index (χ0) is 14.6. The topological polar surface area (TPSA) is 29.6 Å². The number of rotatable bonds is 2. The highest BCUT2D eigenvalue weighted by Gasteiger charge is 2.37. The van der Waals surface area contributed by atoms with Crippen LogP contribution in [0.5, 0.6) is 0 Å². The Morgan fingerprint density at radius 1 is 1.43 bits per heavy atom. The molecule has 0 saturated carbocycles. The van der Waals surface area contributed by atoms with Crippen molar-refractivity contribution in [3.8, 4) is 0 Å². The minimum Gasteiger partial charge on any atom is -0.388 e. The summed E-state index contributed by atoms with van der Waals surface area (Å²) in [5.74, 6) is 0. The average molecular weight is 285 g/mol. The number of nitrogens with zero attached hydrogens (tertiary/aromatic N) is 1. The second kappa shape index (κ2) is 4.85. The quantitative estimate of drug-likeness (QED) is 0.862. The minimum atomic E-state index is -0.205. The first kappa shape index (κ1) is 13.4. The fourth-order valence-electron chi connectivity index (χ4n) is 4.53. The molecule has 4 rings (SSSR count). The average Bonchev–Trinajstić information content (AvgIpc) is 2.77. The highest BCUT2D eigenvalue weighted by atomic mass is 16.3. The molecule has 3 nitrogen and oxygen atoms in total. The summed E-state index contributed by atoms with van der Waals surface area (Å²) in [6, 6.07) is 7.50. The molecule has 1 aromatic heterocycles. The van der Waals surface area contributed by atoms with E-state index < -0.39 is 0 Å². The maximum Gasteiger partial charge on any atom is 0.129 e. The summed E-state index contributed by atoms with van der Waals surface area (Å²) in [7, 11) is 0. The van der Waals surface area contributed by atoms with Gasteiger partial charge in [0, 0.05) is 17.3 Å². The second-order valence-electron chi connectivity index (χ2n) is 6.94. The highest BCUT2D eigenvalue weighted by molar-refractivity contribution is 5.86. The number of aliphatic hydroxyl groups excluding tert-OH is 1. The molecule has 1 aromatic carbocycles. The van der Waals surface area contributed by atoms with Gasteiger partial charge in [-0.25, -0.2) is 0 Å². The summed E-state index contributed by atoms with van der Waals surface area (Å²) >= 11 is 0. The van der Waals surface area contributed by atoms with Crippen molar-refractivity contribution < 1.29 is 10.0 Å². The Morgan fingerprint density at radius 3 is 3.10 bits per heavy atom. The Balaban J connectivity index is 1.88. The maximum absolute atomic E-state index is 9.80. The predicted octanol–water partition coefficient (Wildman–Crippen LogP) is 1.61. The van der Waals surface area contributed by atoms with Crippen LogP contribution < -0.4 is 4.90 Å². The monoisotopic (exact) mass is 285 g/mol. The number of hydrogen-bond donors (Lipinski definition) is 2. The Kier molecular flexibility index (Phi) is 3.09. The zero-order valence-corrected chi connectivity index (χ0v) is 13.0. The molecule has 0 fully saturated rings. The van der Waals surface area contributed by atoms with Gasteiger partial charge in [-0.05, 0) is 44.4 Å². The molecule has 0 spiro atoms. The van der Waals surface area contributed by atoms with E-state index in [1.807, 2.05) is 6.92 Å². The lowest BCUT2D eigenvalue weighted by molar-refractivity contribution is -0.939. The van der Waals surface area contributed by atoms with Gasteiger partial charge in [0.25, 0.3) is 0 Å². The Bertz CT molecular complexity index is 686. The summed E-state index contributed by atoms with van der Waals surface area (Å²) in [6.07, 6.45) is 3.57. The molecule has 2 heterocycles. The fraction of sp³-hybridized carbons (Fsp3) is 0.556. The number of fused-ring (bicyclic) bond motifs is 3. The van der Waals surface area contributed by atoms with Crippen molar-refractivity contribution in [2.75, 3.05) is 13.1 Å². The summed E-state index contributed by atoms with van der Waals surface area (Å²) in [6.45, 7) is 7.22. The van der Waals surface area contributed by atoms with Crippen molar-refractivity contribution in [2.24, 2.45) is 0 Å². The smallest absolute Gasteiger partial charge is 0.129 e. The number of quaternary nitrogens is 1. The van der Waals surface area contributed by atoms with Crippen molar-refractivity contribution in [1.82, 2.24) is 4.57 Å². The van der Waals surface area contributed by atoms with Gasteiger partial charge in [-0.3, -0.25) is 0 Å². The molecule has 3 heteroatoms. The molecule has 2 aromatic rings. The van der Waals surface area contributed by atoms with Crippen molar-refractivity contribution in [3.63, 3.8) is 0 Å². The van der Waals surface area contributed by atoms with E-state index in [9.17, 15) is 5.11 Å². The fourth-order valence-corrected chi connectivity index (χ4v) is 4.53. The van der Waals surface area contributed by atoms with E-state index >= 15 is 0 Å². The number of aryl methyl sites for hydroxylation is 2. The molecule has 3 atom stereocenters. The van der Waals surface area contributed by atoms with E-state index in [-0.39, 0.29) is 6.10 Å². The zero-order valence-electron chi connectivity index (χ0n) is 13.0. The largest absolute Gasteiger partial charge is 0.388 e. The van der Waals surface area contributed by atoms with E-state index in [2.05, 4.69) is 29.7 Å². The van der Waals surface area contributed by atoms with Crippen molar-refractivity contribution in [3.05, 3.63) is 35.0 Å². The predicted molar refractivity (Wildman–Crippen MR) is 84.7 cm³/mol. The molecule has 0 radical (unpaired) electrons. The Hall–Kier alpha value is -1.32. The third-order valence-electron chi connectivity index (χ3n) is 5.32. The molecular formula is C18H25N2O+. The van der Waals surface area contributed by atoms with Crippen molar-refractivity contribution in [1.29, 1.82) is 0 Å². The molecule has 0 bridgehead atoms. The molecule has 1 aliphatic carbocycles. The van der Waals surface area contributed by atoms with Gasteiger partial charge in [0.1, 0.15) is 18.7 Å². The normalized spacial score (nSPS) is 25.9. The van der Waals surface area contributed by atoms with Gasteiger partial charge in [-0.1, -0.05) is 11.6 Å². The lowest BCUT2D eigenvalue weighted by Gasteiger charge is -2.37. The molecular weight excluding hydrogens is 260 g/mol. The van der Waals surface area contributed by atoms with Gasteiger partial charge in [-0.15, -0.1) is 0 Å². The maximum atomic E-state index is 9.80. The summed E-state index contributed by atoms with van der Waals surface area (Å²) < 4.78 is 2.57. The van der Waals surface area contributed by atoms with Crippen LogP contribution >= 0.6 is 0 Å². The second-order valence-corrected chi connectivity index (χ2v) is 6.94. The molecule has 0 amide bonds. The summed E-state index contributed by atoms with van der Waals surface area (Å²) in [5.41, 5.74) is 5.95. The van der Waals surface area contributed by atoms with E-state index in [0.717, 1.165) is 19.6 Å². The number of benzene rings is 1. The van der Waals surface area contributed by atoms with Crippen LogP contribution in [0.3, 0.4) is 0 Å². The van der Waals surface area contributed by atoms with Gasteiger partial charge < -0.3 is 14.6 Å². The van der Waals surface area contributed by atoms with Gasteiger partial charge in [-0.2, -0.15) is 0 Å². The molecule has 0 saturated heterocycles. The minimum absolute atomic E-state index is 0.205. The van der Waals surface area contributed by atoms with E-state index in [1.54, 1.807) is 16.2 Å². The lowest BCUT2D eigenvalue weighted by Crippen LogP contribution is -3.14. The van der Waals surface area contributed by atoms with Gasteiger partial charge in [0.2, 0.25) is 0 Å². The van der Waals surface area contributed by atoms with Crippen LogP contribution in [0.15, 0.2) is 18.2 Å². The third-order valence-corrected chi connectivity index (χ3v) is 5.32. The molecule has 1 unspecified atom stereocenters. The van der Waals surface area contributed by atoms with Gasteiger partial charge in [0.05, 0.1) is 18.8 Å². The van der Waals surface area contributed by atoms with Crippen LogP contribution in [0, 0.1) is 6.92 Å². The summed E-state index contributed by atoms with van der Waals surface area (Å²) in [4.78, 5) is 1.58. The first-order valence-electron chi connectivity index (χ1n) is 8.29. The van der Waals surface area contributed by atoms with Crippen LogP contribution in [0.25, 0.3) is 10.9 Å². The Labute approximate surface area is 126 Å². The molecule has 1 aliphatic heterocycles. The molecule has 21 heavy (non-hydrogen) atoms. The van der Waals surface area contributed by atoms with Crippen molar-refractivity contribution >= 4 is 10.9 Å². The highest BCUT2D eigenvalue weighted by Crippen LogP contribution is 2.37. The first-order chi connectivity index (χ1) is 10.1. The van der Waals surface area contributed by atoms with Crippen LogP contribution in [0.4, 0.5) is 0 Å². The first-order valence-corrected chi connectivity index (χ1v) is 8.29. The van der Waals surface area contributed by atoms with E-state index in [4.69, 9.17) is 0 Å². The third kappa shape index (κ3) is 2.02. The van der Waals surface area contributed by atoms with E-state index in [1.165, 1.54) is 35.7 Å².